The molecule has 0 radical (unpaired) electrons. The quantitative estimate of drug-likeness (QED) is 0.670. The molecule has 1 aromatic carbocycles. The lowest BCUT2D eigenvalue weighted by molar-refractivity contribution is 0.0693. The molecule has 2 aromatic rings. The minimum Gasteiger partial charge on any atom is -0.477 e. The Morgan fingerprint density at radius 1 is 1.33 bits per heavy atom. The molecular formula is C9H7NO2. The highest BCUT2D eigenvalue weighted by atomic mass is 16.4. The highest BCUT2D eigenvalue weighted by Gasteiger charge is 2.08. The number of hydrogen-bond acceptors (Lipinski definition) is 1. The zero-order valence-corrected chi connectivity index (χ0v) is 6.24. The average molecular weight is 161 g/mol. The maximum Gasteiger partial charge on any atom is 0.352 e. The maximum atomic E-state index is 10.6. The van der Waals surface area contributed by atoms with Gasteiger partial charge in [-0.15, -0.1) is 0 Å². The molecule has 2 N–H and O–H groups in total. The molecule has 0 fully saturated rings. The Hall–Kier alpha value is -1.77. The van der Waals surface area contributed by atoms with Crippen LogP contribution in [0.4, 0.5) is 0 Å². The molecule has 2 rings (SSSR count). The Labute approximate surface area is 68.6 Å². The number of rotatable bonds is 1. The number of carboxylic acids is 1. The predicted molar refractivity (Wildman–Crippen MR) is 45.3 cm³/mol. The zero-order chi connectivity index (χ0) is 8.55. The normalized spacial score (nSPS) is 10.3. The van der Waals surface area contributed by atoms with Gasteiger partial charge in [0.25, 0.3) is 0 Å². The summed E-state index contributed by atoms with van der Waals surface area (Å²) in [5, 5.41) is 10.4. The van der Waals surface area contributed by atoms with Crippen LogP contribution in [0.1, 0.15) is 10.5 Å². The van der Waals surface area contributed by atoms with Crippen molar-refractivity contribution in [2.24, 2.45) is 0 Å². The molecule has 0 aliphatic rings. The second kappa shape index (κ2) is 2.37. The molecule has 0 spiro atoms. The lowest BCUT2D eigenvalue weighted by atomic mass is 10.2. The summed E-state index contributed by atoms with van der Waals surface area (Å²) >= 11 is 0. The van der Waals surface area contributed by atoms with Gasteiger partial charge in [-0.2, -0.15) is 0 Å². The molecular weight excluding hydrogens is 154 g/mol. The highest BCUT2D eigenvalue weighted by Crippen LogP contribution is 2.16. The molecule has 0 aliphatic heterocycles. The highest BCUT2D eigenvalue weighted by molar-refractivity contribution is 6.02. The molecule has 0 amide bonds. The van der Waals surface area contributed by atoms with Gasteiger partial charge in [-0.3, -0.25) is 0 Å². The van der Waals surface area contributed by atoms with Crippen LogP contribution in [0.2, 0.25) is 0 Å². The van der Waals surface area contributed by atoms with Gasteiger partial charge in [-0.05, 0) is 0 Å². The largest absolute Gasteiger partial charge is 0.477 e. The van der Waals surface area contributed by atoms with Crippen LogP contribution in [0.15, 0.2) is 30.5 Å². The van der Waals surface area contributed by atoms with Crippen molar-refractivity contribution in [3.8, 4) is 0 Å². The van der Waals surface area contributed by atoms with E-state index in [4.69, 9.17) is 5.11 Å². The number of aromatic nitrogens is 1. The Kier molecular flexibility index (Phi) is 1.37. The van der Waals surface area contributed by atoms with E-state index in [1.807, 2.05) is 18.2 Å². The van der Waals surface area contributed by atoms with Gasteiger partial charge >= 0.3 is 5.97 Å². The molecule has 0 bridgehead atoms. The Balaban J connectivity index is 2.79. The third-order valence-electron chi connectivity index (χ3n) is 1.82. The van der Waals surface area contributed by atoms with E-state index in [2.05, 4.69) is 4.98 Å². The van der Waals surface area contributed by atoms with Crippen molar-refractivity contribution in [2.75, 3.05) is 0 Å². The number of benzene rings is 1. The molecule has 1 heterocycles. The fourth-order valence-electron chi connectivity index (χ4n) is 1.26. The van der Waals surface area contributed by atoms with Gasteiger partial charge in [-0.25, -0.2) is 4.79 Å². The zero-order valence-electron chi connectivity index (χ0n) is 6.24. The third-order valence-corrected chi connectivity index (χ3v) is 1.82. The van der Waals surface area contributed by atoms with E-state index in [0.717, 1.165) is 10.8 Å². The Morgan fingerprint density at radius 3 is 2.83 bits per heavy atom. The first kappa shape index (κ1) is 6.91. The second-order valence-corrected chi connectivity index (χ2v) is 2.56. The number of carboxylic acid groups (broad SMARTS) is 1. The van der Waals surface area contributed by atoms with E-state index in [0.29, 0.717) is 0 Å². The van der Waals surface area contributed by atoms with Gasteiger partial charge in [0.2, 0.25) is 0 Å². The molecule has 0 unspecified atom stereocenters. The van der Waals surface area contributed by atoms with Crippen molar-refractivity contribution in [3.05, 3.63) is 36.2 Å². The van der Waals surface area contributed by atoms with E-state index >= 15 is 0 Å². The number of H-pyrrole nitrogens is 1. The lowest BCUT2D eigenvalue weighted by Crippen LogP contribution is -1.95. The van der Waals surface area contributed by atoms with E-state index in [-0.39, 0.29) is 5.69 Å². The summed E-state index contributed by atoms with van der Waals surface area (Å²) in [5.41, 5.74) is 0.255. The van der Waals surface area contributed by atoms with Crippen LogP contribution in [-0.2, 0) is 0 Å². The molecule has 60 valence electrons. The number of nitrogens with one attached hydrogen (secondary N) is 1. The Bertz CT molecular complexity index is 431. The summed E-state index contributed by atoms with van der Waals surface area (Å²) in [4.78, 5) is 13.4. The van der Waals surface area contributed by atoms with Crippen molar-refractivity contribution in [1.29, 1.82) is 0 Å². The summed E-state index contributed by atoms with van der Waals surface area (Å²) in [6.07, 6.45) is 1.69. The van der Waals surface area contributed by atoms with Crippen molar-refractivity contribution in [2.45, 2.75) is 0 Å². The molecule has 12 heavy (non-hydrogen) atoms. The van der Waals surface area contributed by atoms with Crippen molar-refractivity contribution >= 4 is 16.7 Å². The summed E-state index contributed by atoms with van der Waals surface area (Å²) in [7, 11) is 0. The van der Waals surface area contributed by atoms with Crippen LogP contribution >= 0.6 is 0 Å². The van der Waals surface area contributed by atoms with Gasteiger partial charge in [0.1, 0.15) is 5.69 Å². The van der Waals surface area contributed by atoms with Crippen LogP contribution in [-0.4, -0.2) is 16.1 Å². The number of carbonyl (C=O) groups is 1. The van der Waals surface area contributed by atoms with Crippen LogP contribution < -0.4 is 0 Å². The predicted octanol–water partition coefficient (Wildman–Crippen LogP) is 1.87. The first-order valence-electron chi connectivity index (χ1n) is 3.58. The van der Waals surface area contributed by atoms with Crippen molar-refractivity contribution in [3.63, 3.8) is 0 Å². The van der Waals surface area contributed by atoms with Gasteiger partial charge in [0.05, 0.1) is 0 Å². The number of fused-ring (bicyclic) bond motifs is 1. The van der Waals surface area contributed by atoms with Crippen LogP contribution in [0, 0.1) is 0 Å². The number of aromatic amines is 1. The minimum atomic E-state index is -0.920. The minimum absolute atomic E-state index is 0.255. The summed E-state index contributed by atoms with van der Waals surface area (Å²) in [5.74, 6) is -0.920. The van der Waals surface area contributed by atoms with Crippen molar-refractivity contribution < 1.29 is 9.90 Å². The van der Waals surface area contributed by atoms with Crippen LogP contribution in [0.3, 0.4) is 0 Å². The molecule has 3 nitrogen and oxygen atoms in total. The monoisotopic (exact) mass is 161 g/mol. The molecule has 0 saturated carbocycles. The molecule has 1 aromatic heterocycles. The van der Waals surface area contributed by atoms with Gasteiger partial charge in [-0.1, -0.05) is 24.3 Å². The summed E-state index contributed by atoms with van der Waals surface area (Å²) in [6.45, 7) is 0. The van der Waals surface area contributed by atoms with Crippen LogP contribution in [0.5, 0.6) is 0 Å². The van der Waals surface area contributed by atoms with E-state index < -0.39 is 5.97 Å². The fraction of sp³-hybridized carbons (Fsp3) is 0. The maximum absolute atomic E-state index is 10.6. The van der Waals surface area contributed by atoms with Gasteiger partial charge in [0, 0.05) is 17.0 Å². The van der Waals surface area contributed by atoms with Gasteiger partial charge in [0.15, 0.2) is 0 Å². The van der Waals surface area contributed by atoms with Crippen LogP contribution in [0.25, 0.3) is 10.8 Å². The molecule has 0 saturated heterocycles. The average Bonchev–Trinajstić information content (AvgIpc) is 2.47. The molecule has 0 atom stereocenters. The SMILES string of the molecule is O=C(O)c1[nH]cc2ccccc12. The lowest BCUT2D eigenvalue weighted by Gasteiger charge is -1.89. The van der Waals surface area contributed by atoms with E-state index in [1.54, 1.807) is 12.3 Å². The smallest absolute Gasteiger partial charge is 0.352 e. The summed E-state index contributed by atoms with van der Waals surface area (Å²) in [6, 6.07) is 7.36. The van der Waals surface area contributed by atoms with E-state index in [1.165, 1.54) is 0 Å². The summed E-state index contributed by atoms with van der Waals surface area (Å²) < 4.78 is 0. The fourth-order valence-corrected chi connectivity index (χ4v) is 1.26. The van der Waals surface area contributed by atoms with Crippen molar-refractivity contribution in [1.82, 2.24) is 4.98 Å². The number of hydrogen-bond donors (Lipinski definition) is 2. The van der Waals surface area contributed by atoms with Gasteiger partial charge < -0.3 is 10.1 Å². The topological polar surface area (TPSA) is 53.1 Å². The molecule has 3 heteroatoms. The standard InChI is InChI=1S/C9H7NO2/c11-9(12)8-7-4-2-1-3-6(7)5-10-8/h1-5,10H,(H,11,12). The first-order valence-corrected chi connectivity index (χ1v) is 3.58. The second-order valence-electron chi connectivity index (χ2n) is 2.56. The Morgan fingerprint density at radius 2 is 2.08 bits per heavy atom. The third kappa shape index (κ3) is 0.871. The van der Waals surface area contributed by atoms with E-state index in [9.17, 15) is 4.79 Å². The molecule has 0 aliphatic carbocycles. The number of aromatic carboxylic acids is 1. The first-order chi connectivity index (χ1) is 5.79.